The predicted molar refractivity (Wildman–Crippen MR) is 125 cm³/mol. The van der Waals surface area contributed by atoms with Crippen LogP contribution >= 0.6 is 0 Å². The Morgan fingerprint density at radius 3 is 2.97 bits per heavy atom. The number of para-hydroxylation sites is 1. The van der Waals surface area contributed by atoms with E-state index in [1.165, 1.54) is 5.69 Å². The van der Waals surface area contributed by atoms with Crippen LogP contribution in [-0.4, -0.2) is 65.1 Å². The highest BCUT2D eigenvalue weighted by Gasteiger charge is 2.18. The van der Waals surface area contributed by atoms with Gasteiger partial charge in [0.2, 0.25) is 11.8 Å². The zero-order valence-electron chi connectivity index (χ0n) is 18.3. The monoisotopic (exact) mass is 434 g/mol. The number of unbranched alkanes of at least 4 members (excludes halogenated alkanes) is 1. The third-order valence-corrected chi connectivity index (χ3v) is 6.31. The summed E-state index contributed by atoms with van der Waals surface area (Å²) in [6, 6.07) is 10.3. The Labute approximate surface area is 188 Å². The third kappa shape index (κ3) is 4.70. The number of imidazole rings is 1. The number of fused-ring (bicyclic) bond motifs is 2. The molecule has 168 valence electrons. The molecule has 0 aliphatic carbocycles. The Morgan fingerprint density at radius 2 is 2.00 bits per heavy atom. The molecule has 0 saturated carbocycles. The van der Waals surface area contributed by atoms with Gasteiger partial charge in [-0.3, -0.25) is 4.79 Å². The summed E-state index contributed by atoms with van der Waals surface area (Å²) in [7, 11) is 0. The van der Waals surface area contributed by atoms with Gasteiger partial charge in [0.1, 0.15) is 11.3 Å². The van der Waals surface area contributed by atoms with Crippen LogP contribution in [0.1, 0.15) is 31.2 Å². The van der Waals surface area contributed by atoms with Gasteiger partial charge < -0.3 is 24.8 Å². The standard InChI is InChI=1S/C24H30N6O2/c31-21-9-7-18-8-10-22(28-24(18)27-21)32-16-2-1-11-29-12-4-13-30(15-14-29)20-6-3-5-19-23(20)26-17-25-19/h3,5-6,8,10,17H,1-2,4,7,9,11-16H2,(H,25,26)(H,27,28,31). The van der Waals surface area contributed by atoms with E-state index in [-0.39, 0.29) is 5.91 Å². The number of hydrogen-bond donors (Lipinski definition) is 2. The molecular formula is C24H30N6O2. The summed E-state index contributed by atoms with van der Waals surface area (Å²) in [4.78, 5) is 28.7. The van der Waals surface area contributed by atoms with Gasteiger partial charge in [-0.15, -0.1) is 0 Å². The van der Waals surface area contributed by atoms with Crippen LogP contribution in [0.3, 0.4) is 0 Å². The van der Waals surface area contributed by atoms with E-state index in [1.807, 2.05) is 12.1 Å². The van der Waals surface area contributed by atoms with E-state index < -0.39 is 0 Å². The number of amides is 1. The molecule has 0 bridgehead atoms. The molecule has 3 aromatic rings. The highest BCUT2D eigenvalue weighted by atomic mass is 16.5. The molecule has 0 unspecified atom stereocenters. The quantitative estimate of drug-likeness (QED) is 0.556. The number of carbonyl (C=O) groups is 1. The van der Waals surface area contributed by atoms with Crippen molar-refractivity contribution in [1.29, 1.82) is 0 Å². The number of nitrogens with one attached hydrogen (secondary N) is 2. The Morgan fingerprint density at radius 1 is 1.03 bits per heavy atom. The van der Waals surface area contributed by atoms with Gasteiger partial charge in [-0.2, -0.15) is 4.98 Å². The SMILES string of the molecule is O=C1CCc2ccc(OCCCCN3CCCN(c4cccc5[nH]cnc45)CC3)nc2N1. The van der Waals surface area contributed by atoms with Gasteiger partial charge in [-0.05, 0) is 62.5 Å². The molecule has 1 fully saturated rings. The zero-order chi connectivity index (χ0) is 21.8. The predicted octanol–water partition coefficient (Wildman–Crippen LogP) is 3.21. The minimum absolute atomic E-state index is 0.0270. The number of aromatic amines is 1. The van der Waals surface area contributed by atoms with Crippen molar-refractivity contribution in [2.75, 3.05) is 49.5 Å². The number of hydrogen-bond acceptors (Lipinski definition) is 6. The minimum atomic E-state index is 0.0270. The molecule has 2 N–H and O–H groups in total. The first-order valence-corrected chi connectivity index (χ1v) is 11.6. The van der Waals surface area contributed by atoms with Crippen LogP contribution in [0.25, 0.3) is 11.0 Å². The van der Waals surface area contributed by atoms with E-state index in [4.69, 9.17) is 4.74 Å². The number of aromatic nitrogens is 3. The molecule has 8 heteroatoms. The Balaban J connectivity index is 1.06. The summed E-state index contributed by atoms with van der Waals surface area (Å²) < 4.78 is 5.83. The van der Waals surface area contributed by atoms with Crippen molar-refractivity contribution in [3.05, 3.63) is 42.2 Å². The number of rotatable bonds is 7. The smallest absolute Gasteiger partial charge is 0.225 e. The molecular weight excluding hydrogens is 404 g/mol. The van der Waals surface area contributed by atoms with Crippen molar-refractivity contribution >= 4 is 28.4 Å². The highest BCUT2D eigenvalue weighted by molar-refractivity contribution is 5.92. The number of anilines is 2. The van der Waals surface area contributed by atoms with Gasteiger partial charge in [-0.25, -0.2) is 4.98 Å². The lowest BCUT2D eigenvalue weighted by atomic mass is 10.1. The van der Waals surface area contributed by atoms with E-state index in [0.29, 0.717) is 24.7 Å². The summed E-state index contributed by atoms with van der Waals surface area (Å²) in [6.45, 7) is 5.99. The van der Waals surface area contributed by atoms with Gasteiger partial charge in [0.25, 0.3) is 0 Å². The summed E-state index contributed by atoms with van der Waals surface area (Å²) in [5, 5.41) is 2.83. The number of pyridine rings is 1. The Hall–Kier alpha value is -3.13. The van der Waals surface area contributed by atoms with Crippen LogP contribution in [0.4, 0.5) is 11.5 Å². The molecule has 5 rings (SSSR count). The van der Waals surface area contributed by atoms with E-state index in [1.54, 1.807) is 6.33 Å². The first-order chi connectivity index (χ1) is 15.8. The van der Waals surface area contributed by atoms with E-state index >= 15 is 0 Å². The molecule has 2 aromatic heterocycles. The molecule has 2 aliphatic rings. The van der Waals surface area contributed by atoms with Crippen LogP contribution in [0, 0.1) is 0 Å². The molecule has 32 heavy (non-hydrogen) atoms. The van der Waals surface area contributed by atoms with E-state index in [2.05, 4.69) is 48.3 Å². The second kappa shape index (κ2) is 9.56. The summed E-state index contributed by atoms with van der Waals surface area (Å²) >= 11 is 0. The van der Waals surface area contributed by atoms with Crippen LogP contribution in [0.5, 0.6) is 5.88 Å². The molecule has 1 aromatic carbocycles. The third-order valence-electron chi connectivity index (χ3n) is 6.31. The van der Waals surface area contributed by atoms with Crippen LogP contribution in [0.15, 0.2) is 36.7 Å². The summed E-state index contributed by atoms with van der Waals surface area (Å²) in [5.41, 5.74) is 4.47. The van der Waals surface area contributed by atoms with Crippen molar-refractivity contribution in [2.45, 2.75) is 32.1 Å². The fourth-order valence-corrected chi connectivity index (χ4v) is 4.56. The molecule has 0 atom stereocenters. The van der Waals surface area contributed by atoms with Crippen molar-refractivity contribution in [3.8, 4) is 5.88 Å². The lowest BCUT2D eigenvalue weighted by molar-refractivity contribution is -0.116. The number of carbonyl (C=O) groups excluding carboxylic acids is 1. The molecule has 0 radical (unpaired) electrons. The molecule has 1 amide bonds. The van der Waals surface area contributed by atoms with Crippen LogP contribution in [-0.2, 0) is 11.2 Å². The lowest BCUT2D eigenvalue weighted by Crippen LogP contribution is -2.31. The normalized spacial score (nSPS) is 17.1. The molecule has 2 aliphatic heterocycles. The number of ether oxygens (including phenoxy) is 1. The number of H-pyrrole nitrogens is 1. The first-order valence-electron chi connectivity index (χ1n) is 11.6. The zero-order valence-corrected chi connectivity index (χ0v) is 18.3. The van der Waals surface area contributed by atoms with Crippen LogP contribution in [0.2, 0.25) is 0 Å². The maximum absolute atomic E-state index is 11.6. The van der Waals surface area contributed by atoms with Gasteiger partial charge >= 0.3 is 0 Å². The van der Waals surface area contributed by atoms with E-state index in [9.17, 15) is 4.79 Å². The van der Waals surface area contributed by atoms with Crippen molar-refractivity contribution < 1.29 is 9.53 Å². The van der Waals surface area contributed by atoms with Crippen LogP contribution < -0.4 is 15.0 Å². The second-order valence-corrected chi connectivity index (χ2v) is 8.52. The summed E-state index contributed by atoms with van der Waals surface area (Å²) in [5.74, 6) is 1.27. The van der Waals surface area contributed by atoms with Gasteiger partial charge in [0.05, 0.1) is 24.1 Å². The van der Waals surface area contributed by atoms with Gasteiger partial charge in [0.15, 0.2) is 0 Å². The molecule has 4 heterocycles. The average Bonchev–Trinajstić information content (AvgIpc) is 3.17. The second-order valence-electron chi connectivity index (χ2n) is 8.52. The average molecular weight is 435 g/mol. The van der Waals surface area contributed by atoms with Gasteiger partial charge in [-0.1, -0.05) is 6.07 Å². The van der Waals surface area contributed by atoms with Crippen molar-refractivity contribution in [1.82, 2.24) is 19.9 Å². The maximum atomic E-state index is 11.6. The first kappa shape index (κ1) is 20.8. The Kier molecular flexibility index (Phi) is 6.20. The number of benzene rings is 1. The topological polar surface area (TPSA) is 86.4 Å². The van der Waals surface area contributed by atoms with Crippen molar-refractivity contribution in [2.24, 2.45) is 0 Å². The fourth-order valence-electron chi connectivity index (χ4n) is 4.56. The lowest BCUT2D eigenvalue weighted by Gasteiger charge is -2.24. The fraction of sp³-hybridized carbons (Fsp3) is 0.458. The van der Waals surface area contributed by atoms with Crippen molar-refractivity contribution in [3.63, 3.8) is 0 Å². The molecule has 0 spiro atoms. The minimum Gasteiger partial charge on any atom is -0.478 e. The highest BCUT2D eigenvalue weighted by Crippen LogP contribution is 2.25. The molecule has 1 saturated heterocycles. The maximum Gasteiger partial charge on any atom is 0.225 e. The summed E-state index contributed by atoms with van der Waals surface area (Å²) in [6.07, 6.45) is 6.28. The number of aryl methyl sites for hydroxylation is 1. The number of nitrogens with zero attached hydrogens (tertiary/aromatic N) is 4. The van der Waals surface area contributed by atoms with Gasteiger partial charge in [0, 0.05) is 32.1 Å². The Bertz CT molecular complexity index is 1080. The largest absolute Gasteiger partial charge is 0.478 e. The molecule has 8 nitrogen and oxygen atoms in total. The van der Waals surface area contributed by atoms with E-state index in [0.717, 1.165) is 75.0 Å².